The van der Waals surface area contributed by atoms with Crippen LogP contribution in [0.2, 0.25) is 0 Å². The van der Waals surface area contributed by atoms with Crippen LogP contribution in [0.4, 0.5) is 5.82 Å². The van der Waals surface area contributed by atoms with Crippen LogP contribution in [-0.2, 0) is 0 Å². The van der Waals surface area contributed by atoms with E-state index >= 15 is 0 Å². The number of carbonyl (C=O) groups excluding carboxylic acids is 1. The minimum atomic E-state index is -0.0933. The van der Waals surface area contributed by atoms with Gasteiger partial charge in [0, 0.05) is 45.8 Å². The Hall–Kier alpha value is -3.33. The number of rotatable bonds is 5. The molecule has 0 radical (unpaired) electrons. The number of hydrogen-bond acceptors (Lipinski definition) is 8. The van der Waals surface area contributed by atoms with Crippen LogP contribution in [-0.4, -0.2) is 76.3 Å². The first-order chi connectivity index (χ1) is 14.5. The fourth-order valence-corrected chi connectivity index (χ4v) is 3.42. The maximum atomic E-state index is 12.7. The van der Waals surface area contributed by atoms with Gasteiger partial charge in [0.25, 0.3) is 5.91 Å². The van der Waals surface area contributed by atoms with Gasteiger partial charge in [-0.15, -0.1) is 10.2 Å². The molecule has 3 aromatic rings. The van der Waals surface area contributed by atoms with Gasteiger partial charge in [0.2, 0.25) is 11.7 Å². The van der Waals surface area contributed by atoms with Crippen LogP contribution in [0.3, 0.4) is 0 Å². The number of carbonyl (C=O) groups is 1. The molecule has 3 heterocycles. The Morgan fingerprint density at radius 2 is 1.77 bits per heavy atom. The van der Waals surface area contributed by atoms with Crippen LogP contribution in [0, 0.1) is 0 Å². The first-order valence-corrected chi connectivity index (χ1v) is 9.96. The van der Waals surface area contributed by atoms with Crippen molar-refractivity contribution < 1.29 is 9.32 Å². The second-order valence-corrected chi connectivity index (χ2v) is 7.50. The third-order valence-electron chi connectivity index (χ3n) is 5.31. The number of hydrogen-bond donors (Lipinski definition) is 0. The molecule has 0 N–H and O–H groups in total. The summed E-state index contributed by atoms with van der Waals surface area (Å²) in [7, 11) is 3.77. The number of amides is 1. The van der Waals surface area contributed by atoms with Crippen molar-refractivity contribution in [3.8, 4) is 11.4 Å². The average molecular weight is 407 g/mol. The molecule has 0 aliphatic carbocycles. The van der Waals surface area contributed by atoms with E-state index in [9.17, 15) is 4.79 Å². The van der Waals surface area contributed by atoms with Gasteiger partial charge in [-0.25, -0.2) is 0 Å². The van der Waals surface area contributed by atoms with E-state index in [0.29, 0.717) is 30.5 Å². The second kappa shape index (κ2) is 8.58. The Morgan fingerprint density at radius 1 is 1.03 bits per heavy atom. The Balaban J connectivity index is 1.36. The summed E-state index contributed by atoms with van der Waals surface area (Å²) in [5, 5.41) is 12.3. The lowest BCUT2D eigenvalue weighted by atomic mass is 10.2. The molecule has 1 saturated heterocycles. The van der Waals surface area contributed by atoms with Crippen molar-refractivity contribution >= 4 is 11.7 Å². The molecule has 30 heavy (non-hydrogen) atoms. The van der Waals surface area contributed by atoms with Gasteiger partial charge in [-0.1, -0.05) is 35.5 Å². The quantitative estimate of drug-likeness (QED) is 0.635. The SMILES string of the molecule is CC(c1nc(-c2ccccc2)no1)N1CCN(C(=O)c2ccc(N(C)C)nn2)CC1. The third kappa shape index (κ3) is 4.16. The predicted octanol–water partition coefficient (Wildman–Crippen LogP) is 2.11. The predicted molar refractivity (Wildman–Crippen MR) is 112 cm³/mol. The fraction of sp³-hybridized carbons (Fsp3) is 0.381. The molecule has 0 saturated carbocycles. The van der Waals surface area contributed by atoms with Gasteiger partial charge >= 0.3 is 0 Å². The van der Waals surface area contributed by atoms with Crippen molar-refractivity contribution in [2.24, 2.45) is 0 Å². The summed E-state index contributed by atoms with van der Waals surface area (Å²) >= 11 is 0. The summed E-state index contributed by atoms with van der Waals surface area (Å²) < 4.78 is 5.50. The molecule has 4 rings (SSSR count). The van der Waals surface area contributed by atoms with Gasteiger partial charge in [-0.05, 0) is 19.1 Å². The summed E-state index contributed by atoms with van der Waals surface area (Å²) in [4.78, 5) is 23.2. The molecule has 156 valence electrons. The molecule has 9 nitrogen and oxygen atoms in total. The highest BCUT2D eigenvalue weighted by atomic mass is 16.5. The third-order valence-corrected chi connectivity index (χ3v) is 5.31. The Labute approximate surface area is 175 Å². The van der Waals surface area contributed by atoms with Crippen LogP contribution in [0.1, 0.15) is 29.3 Å². The van der Waals surface area contributed by atoms with Gasteiger partial charge in [0.15, 0.2) is 11.5 Å². The topological polar surface area (TPSA) is 91.5 Å². The lowest BCUT2D eigenvalue weighted by Crippen LogP contribution is -2.49. The van der Waals surface area contributed by atoms with Crippen LogP contribution in [0.5, 0.6) is 0 Å². The van der Waals surface area contributed by atoms with Gasteiger partial charge in [-0.2, -0.15) is 4.98 Å². The Bertz CT molecular complexity index is 980. The van der Waals surface area contributed by atoms with Crippen LogP contribution >= 0.6 is 0 Å². The second-order valence-electron chi connectivity index (χ2n) is 7.50. The highest BCUT2D eigenvalue weighted by Gasteiger charge is 2.28. The molecular weight excluding hydrogens is 382 g/mol. The van der Waals surface area contributed by atoms with E-state index < -0.39 is 0 Å². The number of benzene rings is 1. The lowest BCUT2D eigenvalue weighted by Gasteiger charge is -2.36. The zero-order chi connectivity index (χ0) is 21.1. The monoisotopic (exact) mass is 407 g/mol. The molecule has 1 amide bonds. The smallest absolute Gasteiger partial charge is 0.274 e. The molecule has 2 aromatic heterocycles. The molecule has 0 spiro atoms. The lowest BCUT2D eigenvalue weighted by molar-refractivity contribution is 0.0545. The minimum absolute atomic E-state index is 0.0219. The molecular formula is C21H25N7O2. The van der Waals surface area contributed by atoms with E-state index in [4.69, 9.17) is 4.52 Å². The minimum Gasteiger partial charge on any atom is -0.361 e. The van der Waals surface area contributed by atoms with E-state index in [1.54, 1.807) is 12.1 Å². The Kier molecular flexibility index (Phi) is 5.71. The van der Waals surface area contributed by atoms with Crippen LogP contribution in [0.25, 0.3) is 11.4 Å². The van der Waals surface area contributed by atoms with Gasteiger partial charge in [0.05, 0.1) is 6.04 Å². The molecule has 9 heteroatoms. The van der Waals surface area contributed by atoms with Crippen molar-refractivity contribution in [1.82, 2.24) is 30.1 Å². The average Bonchev–Trinajstić information content (AvgIpc) is 3.29. The standard InChI is InChI=1S/C21H25N7O2/c1-15(20-22-19(25-30-20)16-7-5-4-6-8-16)27-11-13-28(14-12-27)21(29)17-9-10-18(24-23-17)26(2)3/h4-10,15H,11-14H2,1-3H3. The summed E-state index contributed by atoms with van der Waals surface area (Å²) in [6, 6.07) is 13.3. The van der Waals surface area contributed by atoms with E-state index in [2.05, 4.69) is 25.2 Å². The van der Waals surface area contributed by atoms with Crippen LogP contribution in [0.15, 0.2) is 47.0 Å². The number of anilines is 1. The first kappa shape index (κ1) is 20.0. The first-order valence-electron chi connectivity index (χ1n) is 9.96. The van der Waals surface area contributed by atoms with Gasteiger partial charge in [-0.3, -0.25) is 9.69 Å². The number of aromatic nitrogens is 4. The molecule has 1 aliphatic rings. The van der Waals surface area contributed by atoms with Gasteiger partial charge < -0.3 is 14.3 Å². The summed E-state index contributed by atoms with van der Waals surface area (Å²) in [5.74, 6) is 1.80. The van der Waals surface area contributed by atoms with Gasteiger partial charge in [0.1, 0.15) is 0 Å². The maximum Gasteiger partial charge on any atom is 0.274 e. The van der Waals surface area contributed by atoms with E-state index in [1.807, 2.05) is 61.2 Å². The summed E-state index contributed by atoms with van der Waals surface area (Å²) in [5.41, 5.74) is 1.29. The zero-order valence-corrected chi connectivity index (χ0v) is 17.4. The van der Waals surface area contributed by atoms with E-state index in [1.165, 1.54) is 0 Å². The highest BCUT2D eigenvalue weighted by molar-refractivity contribution is 5.92. The van der Waals surface area contributed by atoms with Crippen molar-refractivity contribution in [3.05, 3.63) is 54.0 Å². The summed E-state index contributed by atoms with van der Waals surface area (Å²) in [6.45, 7) is 4.71. The van der Waals surface area contributed by atoms with Crippen molar-refractivity contribution in [1.29, 1.82) is 0 Å². The maximum absolute atomic E-state index is 12.7. The van der Waals surface area contributed by atoms with E-state index in [0.717, 1.165) is 24.5 Å². The molecule has 1 aliphatic heterocycles. The number of piperazine rings is 1. The van der Waals surface area contributed by atoms with Crippen LogP contribution < -0.4 is 4.90 Å². The Morgan fingerprint density at radius 3 is 2.40 bits per heavy atom. The zero-order valence-electron chi connectivity index (χ0n) is 17.4. The largest absolute Gasteiger partial charge is 0.361 e. The molecule has 1 unspecified atom stereocenters. The molecule has 1 fully saturated rings. The molecule has 0 bridgehead atoms. The molecule has 1 aromatic carbocycles. The van der Waals surface area contributed by atoms with Crippen molar-refractivity contribution in [2.45, 2.75) is 13.0 Å². The summed E-state index contributed by atoms with van der Waals surface area (Å²) in [6.07, 6.45) is 0. The normalized spacial score (nSPS) is 15.8. The number of nitrogens with zero attached hydrogens (tertiary/aromatic N) is 7. The van der Waals surface area contributed by atoms with E-state index in [-0.39, 0.29) is 11.9 Å². The van der Waals surface area contributed by atoms with Crippen molar-refractivity contribution in [3.63, 3.8) is 0 Å². The fourth-order valence-electron chi connectivity index (χ4n) is 3.42. The van der Waals surface area contributed by atoms with Crippen molar-refractivity contribution in [2.75, 3.05) is 45.2 Å². The highest BCUT2D eigenvalue weighted by Crippen LogP contribution is 2.23. The molecule has 1 atom stereocenters.